The van der Waals surface area contributed by atoms with Gasteiger partial charge in [0.25, 0.3) is 0 Å². The molecular weight excluding hydrogens is 140 g/mol. The molecule has 0 spiro atoms. The fourth-order valence-corrected chi connectivity index (χ4v) is 1.21. The first-order chi connectivity index (χ1) is 4.56. The van der Waals surface area contributed by atoms with Gasteiger partial charge < -0.3 is 4.74 Å². The van der Waals surface area contributed by atoms with Crippen molar-refractivity contribution in [1.29, 1.82) is 0 Å². The summed E-state index contributed by atoms with van der Waals surface area (Å²) in [5, 5.41) is 0. The predicted octanol–water partition coefficient (Wildman–Crippen LogP) is 2.64. The Morgan fingerprint density at radius 2 is 2.10 bits per heavy atom. The van der Waals surface area contributed by atoms with E-state index in [1.54, 1.807) is 0 Å². The summed E-state index contributed by atoms with van der Waals surface area (Å²) in [5.74, 6) is 0. The Kier molecular flexibility index (Phi) is 4.17. The summed E-state index contributed by atoms with van der Waals surface area (Å²) in [7, 11) is -0.900. The fourth-order valence-electron chi connectivity index (χ4n) is 0.483. The van der Waals surface area contributed by atoms with Gasteiger partial charge in [-0.2, -0.15) is 0 Å². The molecule has 58 valence electrons. The molecule has 0 heterocycles. The van der Waals surface area contributed by atoms with Crippen LogP contribution in [0.1, 0.15) is 0 Å². The highest BCUT2D eigenvalue weighted by Gasteiger charge is 2.11. The van der Waals surface area contributed by atoms with Gasteiger partial charge in [-0.3, -0.25) is 0 Å². The fraction of sp³-hybridized carbons (Fsp3) is 0.625. The van der Waals surface area contributed by atoms with Gasteiger partial charge >= 0.3 is 0 Å². The van der Waals surface area contributed by atoms with Crippen LogP contribution in [-0.4, -0.2) is 14.7 Å². The minimum absolute atomic E-state index is 0.818. The first-order valence-corrected chi connectivity index (χ1v) is 7.23. The summed E-state index contributed by atoms with van der Waals surface area (Å²) in [6, 6.07) is 1.20. The van der Waals surface area contributed by atoms with Crippen molar-refractivity contribution in [1.82, 2.24) is 0 Å². The SMILES string of the molecule is C=C=COCC[Si](C)(C)C. The van der Waals surface area contributed by atoms with Gasteiger partial charge in [-0.15, -0.1) is 0 Å². The topological polar surface area (TPSA) is 9.23 Å². The average molecular weight is 156 g/mol. The van der Waals surface area contributed by atoms with E-state index in [4.69, 9.17) is 4.74 Å². The van der Waals surface area contributed by atoms with E-state index in [2.05, 4.69) is 32.0 Å². The smallest absolute Gasteiger partial charge is 0.124 e. The molecule has 0 unspecified atom stereocenters. The van der Waals surface area contributed by atoms with E-state index in [1.807, 2.05) is 0 Å². The van der Waals surface area contributed by atoms with E-state index in [9.17, 15) is 0 Å². The Bertz CT molecular complexity index is 129. The molecule has 2 heteroatoms. The second-order valence-electron chi connectivity index (χ2n) is 3.50. The third-order valence-electron chi connectivity index (χ3n) is 1.14. The lowest BCUT2D eigenvalue weighted by molar-refractivity contribution is 0.268. The highest BCUT2D eigenvalue weighted by atomic mass is 28.3. The van der Waals surface area contributed by atoms with Gasteiger partial charge in [0.15, 0.2) is 0 Å². The molecule has 0 bridgehead atoms. The van der Waals surface area contributed by atoms with Crippen molar-refractivity contribution >= 4 is 8.07 Å². The van der Waals surface area contributed by atoms with E-state index in [1.165, 1.54) is 12.3 Å². The van der Waals surface area contributed by atoms with Crippen molar-refractivity contribution in [2.45, 2.75) is 25.7 Å². The first kappa shape index (κ1) is 9.54. The molecule has 0 aromatic carbocycles. The van der Waals surface area contributed by atoms with Crippen LogP contribution in [0.25, 0.3) is 0 Å². The highest BCUT2D eigenvalue weighted by Crippen LogP contribution is 2.07. The highest BCUT2D eigenvalue weighted by molar-refractivity contribution is 6.76. The molecule has 0 amide bonds. The number of hydrogen-bond acceptors (Lipinski definition) is 1. The summed E-state index contributed by atoms with van der Waals surface area (Å²) >= 11 is 0. The molecule has 0 aliphatic carbocycles. The number of rotatable bonds is 4. The van der Waals surface area contributed by atoms with Crippen LogP contribution in [0.3, 0.4) is 0 Å². The van der Waals surface area contributed by atoms with Crippen molar-refractivity contribution in [3.8, 4) is 0 Å². The van der Waals surface area contributed by atoms with Gasteiger partial charge in [-0.25, -0.2) is 0 Å². The maximum Gasteiger partial charge on any atom is 0.124 e. The van der Waals surface area contributed by atoms with Crippen LogP contribution in [0.5, 0.6) is 0 Å². The van der Waals surface area contributed by atoms with Gasteiger partial charge in [-0.1, -0.05) is 32.0 Å². The third kappa shape index (κ3) is 7.54. The summed E-state index contributed by atoms with van der Waals surface area (Å²) in [4.78, 5) is 0. The lowest BCUT2D eigenvalue weighted by atomic mass is 10.8. The minimum Gasteiger partial charge on any atom is -0.493 e. The van der Waals surface area contributed by atoms with Crippen molar-refractivity contribution < 1.29 is 4.74 Å². The molecule has 0 aromatic heterocycles. The normalized spacial score (nSPS) is 10.3. The van der Waals surface area contributed by atoms with Gasteiger partial charge in [0.05, 0.1) is 6.61 Å². The van der Waals surface area contributed by atoms with Crippen LogP contribution in [0.15, 0.2) is 18.6 Å². The first-order valence-electron chi connectivity index (χ1n) is 3.52. The second kappa shape index (κ2) is 4.37. The Morgan fingerprint density at radius 3 is 2.50 bits per heavy atom. The Hall–Kier alpha value is -0.463. The molecule has 0 aliphatic heterocycles. The summed E-state index contributed by atoms with van der Waals surface area (Å²) in [6.07, 6.45) is 1.53. The molecule has 0 aromatic rings. The van der Waals surface area contributed by atoms with E-state index >= 15 is 0 Å². The minimum atomic E-state index is -0.900. The molecule has 0 saturated carbocycles. The van der Waals surface area contributed by atoms with Crippen molar-refractivity contribution in [2.24, 2.45) is 0 Å². The van der Waals surface area contributed by atoms with Crippen LogP contribution in [0.4, 0.5) is 0 Å². The Balaban J connectivity index is 3.28. The molecule has 0 saturated heterocycles. The Labute approximate surface area is 64.4 Å². The molecular formula is C8H16OSi. The van der Waals surface area contributed by atoms with Gasteiger partial charge in [-0.05, 0) is 6.04 Å². The molecule has 0 N–H and O–H groups in total. The zero-order chi connectivity index (χ0) is 8.04. The van der Waals surface area contributed by atoms with E-state index in [0.29, 0.717) is 0 Å². The van der Waals surface area contributed by atoms with Crippen molar-refractivity contribution in [3.05, 3.63) is 18.6 Å². The van der Waals surface area contributed by atoms with Crippen LogP contribution in [-0.2, 0) is 4.74 Å². The monoisotopic (exact) mass is 156 g/mol. The van der Waals surface area contributed by atoms with Crippen molar-refractivity contribution in [3.63, 3.8) is 0 Å². The average Bonchev–Trinajstić information content (AvgIpc) is 1.78. The van der Waals surface area contributed by atoms with Gasteiger partial charge in [0.2, 0.25) is 0 Å². The lowest BCUT2D eigenvalue weighted by Gasteiger charge is -2.13. The van der Waals surface area contributed by atoms with Crippen LogP contribution in [0, 0.1) is 0 Å². The molecule has 0 aliphatic rings. The third-order valence-corrected chi connectivity index (χ3v) is 2.84. The molecule has 0 atom stereocenters. The van der Waals surface area contributed by atoms with Crippen molar-refractivity contribution in [2.75, 3.05) is 6.61 Å². The molecule has 1 nitrogen and oxygen atoms in total. The Morgan fingerprint density at radius 1 is 1.50 bits per heavy atom. The number of hydrogen-bond donors (Lipinski definition) is 0. The predicted molar refractivity (Wildman–Crippen MR) is 47.8 cm³/mol. The standard InChI is InChI=1S/C8H16OSi/c1-5-6-9-7-8-10(2,3)4/h6H,1,7-8H2,2-4H3. The quantitative estimate of drug-likeness (QED) is 0.263. The van der Waals surface area contributed by atoms with E-state index in [0.717, 1.165) is 6.61 Å². The second-order valence-corrected chi connectivity index (χ2v) is 9.12. The van der Waals surface area contributed by atoms with Crippen LogP contribution < -0.4 is 0 Å². The van der Waals surface area contributed by atoms with Gasteiger partial charge in [0, 0.05) is 8.07 Å². The molecule has 0 fully saturated rings. The lowest BCUT2D eigenvalue weighted by Crippen LogP contribution is -2.20. The summed E-state index contributed by atoms with van der Waals surface area (Å²) < 4.78 is 5.09. The molecule has 10 heavy (non-hydrogen) atoms. The van der Waals surface area contributed by atoms with E-state index < -0.39 is 8.07 Å². The zero-order valence-corrected chi connectivity index (χ0v) is 8.11. The van der Waals surface area contributed by atoms with E-state index in [-0.39, 0.29) is 0 Å². The molecule has 0 rings (SSSR count). The van der Waals surface area contributed by atoms with Gasteiger partial charge in [0.1, 0.15) is 6.26 Å². The maximum absolute atomic E-state index is 5.09. The maximum atomic E-state index is 5.09. The largest absolute Gasteiger partial charge is 0.493 e. The van der Waals surface area contributed by atoms with Crippen LogP contribution >= 0.6 is 0 Å². The summed E-state index contributed by atoms with van der Waals surface area (Å²) in [6.45, 7) is 11.2. The summed E-state index contributed by atoms with van der Waals surface area (Å²) in [5.41, 5.74) is 2.57. The van der Waals surface area contributed by atoms with Crippen LogP contribution in [0.2, 0.25) is 25.7 Å². The number of ether oxygens (including phenoxy) is 1. The molecule has 0 radical (unpaired) electrons. The zero-order valence-electron chi connectivity index (χ0n) is 7.11.